The molecule has 1 aromatic carbocycles. The molecule has 1 fully saturated rings. The van der Waals surface area contributed by atoms with Gasteiger partial charge in [-0.1, -0.05) is 12.1 Å². The summed E-state index contributed by atoms with van der Waals surface area (Å²) in [5.74, 6) is 1.84. The summed E-state index contributed by atoms with van der Waals surface area (Å²) in [6.07, 6.45) is 2.39. The zero-order valence-corrected chi connectivity index (χ0v) is 10.2. The van der Waals surface area contributed by atoms with Crippen LogP contribution in [0.1, 0.15) is 18.4 Å². The van der Waals surface area contributed by atoms with Crippen LogP contribution >= 0.6 is 11.6 Å². The van der Waals surface area contributed by atoms with Crippen molar-refractivity contribution >= 4 is 11.6 Å². The van der Waals surface area contributed by atoms with E-state index in [9.17, 15) is 5.11 Å². The van der Waals surface area contributed by atoms with Crippen LogP contribution in [0.4, 0.5) is 0 Å². The van der Waals surface area contributed by atoms with Gasteiger partial charge >= 0.3 is 0 Å². The van der Waals surface area contributed by atoms with Gasteiger partial charge in [0.25, 0.3) is 0 Å². The van der Waals surface area contributed by atoms with Gasteiger partial charge in [-0.2, -0.15) is 0 Å². The lowest BCUT2D eigenvalue weighted by atomic mass is 9.98. The molecule has 0 unspecified atom stereocenters. The van der Waals surface area contributed by atoms with Gasteiger partial charge < -0.3 is 5.11 Å². The lowest BCUT2D eigenvalue weighted by Gasteiger charge is -2.31. The number of hydrogen-bond acceptors (Lipinski definition) is 2. The Hall–Kier alpha value is -0.730. The SMILES string of the molecule is Oc1cccc(CN2CCC(CCl)CC2)c1. The summed E-state index contributed by atoms with van der Waals surface area (Å²) in [5.41, 5.74) is 1.18. The van der Waals surface area contributed by atoms with Crippen molar-refractivity contribution in [3.63, 3.8) is 0 Å². The van der Waals surface area contributed by atoms with Gasteiger partial charge in [-0.3, -0.25) is 4.90 Å². The fraction of sp³-hybridized carbons (Fsp3) is 0.538. The Labute approximate surface area is 102 Å². The van der Waals surface area contributed by atoms with Crippen molar-refractivity contribution in [1.82, 2.24) is 4.90 Å². The van der Waals surface area contributed by atoms with E-state index in [4.69, 9.17) is 11.6 Å². The number of halogens is 1. The molecular weight excluding hydrogens is 222 g/mol. The van der Waals surface area contributed by atoms with Crippen LogP contribution in [0.25, 0.3) is 0 Å². The molecule has 2 rings (SSSR count). The number of aromatic hydroxyl groups is 1. The number of nitrogens with zero attached hydrogens (tertiary/aromatic N) is 1. The molecule has 0 atom stereocenters. The predicted molar refractivity (Wildman–Crippen MR) is 66.8 cm³/mol. The first-order valence-corrected chi connectivity index (χ1v) is 6.37. The third-order valence-corrected chi connectivity index (χ3v) is 3.68. The molecule has 0 radical (unpaired) electrons. The monoisotopic (exact) mass is 239 g/mol. The van der Waals surface area contributed by atoms with Gasteiger partial charge in [0.05, 0.1) is 0 Å². The highest BCUT2D eigenvalue weighted by atomic mass is 35.5. The molecule has 16 heavy (non-hydrogen) atoms. The first-order chi connectivity index (χ1) is 7.78. The van der Waals surface area contributed by atoms with E-state index >= 15 is 0 Å². The number of phenols is 1. The number of hydrogen-bond donors (Lipinski definition) is 1. The largest absolute Gasteiger partial charge is 0.508 e. The second-order valence-electron chi connectivity index (χ2n) is 4.54. The minimum Gasteiger partial charge on any atom is -0.508 e. The summed E-state index contributed by atoms with van der Waals surface area (Å²) in [4.78, 5) is 2.43. The van der Waals surface area contributed by atoms with Gasteiger partial charge in [-0.05, 0) is 49.5 Å². The molecule has 0 amide bonds. The maximum atomic E-state index is 9.39. The quantitative estimate of drug-likeness (QED) is 0.820. The molecule has 1 aromatic rings. The van der Waals surface area contributed by atoms with Crippen molar-refractivity contribution in [3.8, 4) is 5.75 Å². The van der Waals surface area contributed by atoms with Crippen LogP contribution in [0.3, 0.4) is 0 Å². The molecule has 0 aromatic heterocycles. The number of likely N-dealkylation sites (tertiary alicyclic amines) is 1. The highest BCUT2D eigenvalue weighted by molar-refractivity contribution is 6.18. The lowest BCUT2D eigenvalue weighted by molar-refractivity contribution is 0.186. The van der Waals surface area contributed by atoms with E-state index in [0.717, 1.165) is 25.5 Å². The maximum Gasteiger partial charge on any atom is 0.115 e. The third kappa shape index (κ3) is 3.13. The summed E-state index contributed by atoms with van der Waals surface area (Å²) in [6.45, 7) is 3.17. The fourth-order valence-electron chi connectivity index (χ4n) is 2.21. The Balaban J connectivity index is 1.87. The molecule has 3 heteroatoms. The minimum absolute atomic E-state index is 0.355. The zero-order valence-electron chi connectivity index (χ0n) is 9.40. The van der Waals surface area contributed by atoms with Gasteiger partial charge in [0.1, 0.15) is 5.75 Å². The Morgan fingerprint density at radius 2 is 2.06 bits per heavy atom. The number of alkyl halides is 1. The van der Waals surface area contributed by atoms with Gasteiger partial charge in [0, 0.05) is 12.4 Å². The van der Waals surface area contributed by atoms with Gasteiger partial charge in [-0.25, -0.2) is 0 Å². The zero-order chi connectivity index (χ0) is 11.4. The molecule has 1 aliphatic rings. The van der Waals surface area contributed by atoms with Crippen LogP contribution in [0.2, 0.25) is 0 Å². The first kappa shape index (κ1) is 11.7. The van der Waals surface area contributed by atoms with Crippen LogP contribution in [-0.2, 0) is 6.54 Å². The molecule has 88 valence electrons. The fourth-order valence-corrected chi connectivity index (χ4v) is 2.52. The molecule has 0 bridgehead atoms. The Kier molecular flexibility index (Phi) is 4.08. The molecule has 0 saturated carbocycles. The average Bonchev–Trinajstić information content (AvgIpc) is 2.30. The topological polar surface area (TPSA) is 23.5 Å². The maximum absolute atomic E-state index is 9.39. The van der Waals surface area contributed by atoms with Crippen molar-refractivity contribution in [2.24, 2.45) is 5.92 Å². The van der Waals surface area contributed by atoms with Crippen molar-refractivity contribution in [2.45, 2.75) is 19.4 Å². The average molecular weight is 240 g/mol. The predicted octanol–water partition coefficient (Wildman–Crippen LogP) is 2.84. The molecule has 1 saturated heterocycles. The van der Waals surface area contributed by atoms with E-state index < -0.39 is 0 Å². The summed E-state index contributed by atoms with van der Waals surface area (Å²) in [5, 5.41) is 9.39. The van der Waals surface area contributed by atoms with E-state index in [2.05, 4.69) is 11.0 Å². The smallest absolute Gasteiger partial charge is 0.115 e. The minimum atomic E-state index is 0.355. The van der Waals surface area contributed by atoms with Crippen LogP contribution in [-0.4, -0.2) is 29.0 Å². The van der Waals surface area contributed by atoms with E-state index in [-0.39, 0.29) is 0 Å². The van der Waals surface area contributed by atoms with Crippen LogP contribution in [0.15, 0.2) is 24.3 Å². The molecular formula is C13H18ClNO. The van der Waals surface area contributed by atoms with Crippen LogP contribution in [0.5, 0.6) is 5.75 Å². The summed E-state index contributed by atoms with van der Waals surface area (Å²) >= 11 is 5.86. The van der Waals surface area contributed by atoms with Crippen molar-refractivity contribution in [2.75, 3.05) is 19.0 Å². The van der Waals surface area contributed by atoms with Crippen LogP contribution in [0, 0.1) is 5.92 Å². The van der Waals surface area contributed by atoms with Gasteiger partial charge in [0.2, 0.25) is 0 Å². The van der Waals surface area contributed by atoms with Crippen molar-refractivity contribution in [3.05, 3.63) is 29.8 Å². The molecule has 1 aliphatic heterocycles. The second-order valence-corrected chi connectivity index (χ2v) is 4.85. The Morgan fingerprint density at radius 1 is 1.31 bits per heavy atom. The third-order valence-electron chi connectivity index (χ3n) is 3.24. The number of piperidine rings is 1. The second kappa shape index (κ2) is 5.55. The lowest BCUT2D eigenvalue weighted by Crippen LogP contribution is -2.33. The number of benzene rings is 1. The van der Waals surface area contributed by atoms with E-state index in [0.29, 0.717) is 11.7 Å². The number of phenolic OH excluding ortho intramolecular Hbond substituents is 1. The van der Waals surface area contributed by atoms with Crippen molar-refractivity contribution < 1.29 is 5.11 Å². The summed E-state index contributed by atoms with van der Waals surface area (Å²) in [7, 11) is 0. The summed E-state index contributed by atoms with van der Waals surface area (Å²) in [6, 6.07) is 7.51. The normalized spacial score (nSPS) is 18.8. The van der Waals surface area contributed by atoms with E-state index in [1.54, 1.807) is 6.07 Å². The highest BCUT2D eigenvalue weighted by Gasteiger charge is 2.18. The van der Waals surface area contributed by atoms with Crippen LogP contribution < -0.4 is 0 Å². The molecule has 0 aliphatic carbocycles. The first-order valence-electron chi connectivity index (χ1n) is 5.84. The molecule has 0 spiro atoms. The summed E-state index contributed by atoms with van der Waals surface area (Å²) < 4.78 is 0. The van der Waals surface area contributed by atoms with E-state index in [1.165, 1.54) is 18.4 Å². The Morgan fingerprint density at radius 3 is 2.69 bits per heavy atom. The highest BCUT2D eigenvalue weighted by Crippen LogP contribution is 2.20. The molecule has 1 N–H and O–H groups in total. The molecule has 2 nitrogen and oxygen atoms in total. The number of rotatable bonds is 3. The Bertz CT molecular complexity index is 334. The van der Waals surface area contributed by atoms with Crippen molar-refractivity contribution in [1.29, 1.82) is 0 Å². The molecule has 1 heterocycles. The standard InChI is InChI=1S/C13H18ClNO/c14-9-11-4-6-15(7-5-11)10-12-2-1-3-13(16)8-12/h1-3,8,11,16H,4-7,9-10H2. The van der Waals surface area contributed by atoms with Gasteiger partial charge in [0.15, 0.2) is 0 Å². The van der Waals surface area contributed by atoms with Gasteiger partial charge in [-0.15, -0.1) is 11.6 Å². The van der Waals surface area contributed by atoms with E-state index in [1.807, 2.05) is 12.1 Å².